The molecule has 2 rings (SSSR count). The molecule has 0 saturated carbocycles. The van der Waals surface area contributed by atoms with Crippen molar-refractivity contribution >= 4 is 22.9 Å². The van der Waals surface area contributed by atoms with Gasteiger partial charge in [-0.25, -0.2) is 0 Å². The molecule has 0 fully saturated rings. The molecule has 0 aliphatic rings. The van der Waals surface area contributed by atoms with Crippen molar-refractivity contribution in [2.45, 2.75) is 19.1 Å². The summed E-state index contributed by atoms with van der Waals surface area (Å²) in [5, 5.41) is 20.4. The van der Waals surface area contributed by atoms with Gasteiger partial charge in [0.2, 0.25) is 0 Å². The Kier molecular flexibility index (Phi) is 4.07. The number of rotatable bonds is 5. The molecule has 0 bridgehead atoms. The molecule has 2 heterocycles. The quantitative estimate of drug-likeness (QED) is 0.885. The van der Waals surface area contributed by atoms with E-state index in [-0.39, 0.29) is 0 Å². The Hall–Kier alpha value is -0.880. The van der Waals surface area contributed by atoms with Crippen LogP contribution in [0.5, 0.6) is 0 Å². The number of halogens is 1. The van der Waals surface area contributed by atoms with E-state index in [2.05, 4.69) is 10.4 Å². The zero-order valence-corrected chi connectivity index (χ0v) is 11.9. The fraction of sp³-hybridized carbons (Fsp3) is 0.417. The largest absolute Gasteiger partial charge is 0.384 e. The molecule has 1 atom stereocenters. The lowest BCUT2D eigenvalue weighted by Gasteiger charge is -2.22. The highest BCUT2D eigenvalue weighted by molar-refractivity contribution is 7.10. The Labute approximate surface area is 115 Å². The molecule has 0 aliphatic carbocycles. The first kappa shape index (κ1) is 13.5. The summed E-state index contributed by atoms with van der Waals surface area (Å²) < 4.78 is 1.68. The number of nitrogens with one attached hydrogen (secondary N) is 1. The highest BCUT2D eigenvalue weighted by atomic mass is 35.5. The molecule has 0 aromatic carbocycles. The summed E-state index contributed by atoms with van der Waals surface area (Å²) in [6, 6.07) is 1.88. The molecule has 2 N–H and O–H groups in total. The highest BCUT2D eigenvalue weighted by Crippen LogP contribution is 2.22. The van der Waals surface area contributed by atoms with Gasteiger partial charge in [0.1, 0.15) is 5.60 Å². The van der Waals surface area contributed by atoms with E-state index in [9.17, 15) is 5.11 Å². The molecule has 18 heavy (non-hydrogen) atoms. The van der Waals surface area contributed by atoms with Gasteiger partial charge in [0.15, 0.2) is 0 Å². The number of hydrogen-bond donors (Lipinski definition) is 2. The number of thiophene rings is 1. The molecule has 0 spiro atoms. The summed E-state index contributed by atoms with van der Waals surface area (Å²) in [6.45, 7) is 2.88. The average Bonchev–Trinajstić information content (AvgIpc) is 2.89. The van der Waals surface area contributed by atoms with Crippen molar-refractivity contribution < 1.29 is 5.11 Å². The topological polar surface area (TPSA) is 50.1 Å². The van der Waals surface area contributed by atoms with E-state index in [1.807, 2.05) is 24.7 Å². The van der Waals surface area contributed by atoms with E-state index in [0.29, 0.717) is 13.1 Å². The zero-order valence-electron chi connectivity index (χ0n) is 10.4. The number of nitrogens with zero attached hydrogens (tertiary/aromatic N) is 2. The lowest BCUT2D eigenvalue weighted by Crippen LogP contribution is -2.34. The predicted octanol–water partition coefficient (Wildman–Crippen LogP) is 2.13. The number of aromatic nitrogens is 2. The van der Waals surface area contributed by atoms with E-state index in [0.717, 1.165) is 15.5 Å². The summed E-state index contributed by atoms with van der Waals surface area (Å²) in [5.74, 6) is 0. The van der Waals surface area contributed by atoms with Crippen molar-refractivity contribution in [2.24, 2.45) is 7.05 Å². The van der Waals surface area contributed by atoms with Crippen LogP contribution in [0.2, 0.25) is 5.02 Å². The normalized spacial score (nSPS) is 14.7. The third-order valence-corrected chi connectivity index (χ3v) is 4.16. The summed E-state index contributed by atoms with van der Waals surface area (Å²) in [6.07, 6.45) is 3.50. The molecule has 4 nitrogen and oxygen atoms in total. The molecular formula is C12H16ClN3OS. The Morgan fingerprint density at radius 2 is 2.39 bits per heavy atom. The summed E-state index contributed by atoms with van der Waals surface area (Å²) >= 11 is 7.61. The van der Waals surface area contributed by atoms with Crippen molar-refractivity contribution in [1.29, 1.82) is 0 Å². The van der Waals surface area contributed by atoms with Gasteiger partial charge in [0.25, 0.3) is 0 Å². The molecule has 1 unspecified atom stereocenters. The minimum atomic E-state index is -0.933. The van der Waals surface area contributed by atoms with Crippen molar-refractivity contribution in [2.75, 3.05) is 6.54 Å². The maximum absolute atomic E-state index is 10.4. The van der Waals surface area contributed by atoms with Gasteiger partial charge < -0.3 is 10.4 Å². The molecule has 2 aromatic rings. The molecule has 0 radical (unpaired) electrons. The van der Waals surface area contributed by atoms with Crippen LogP contribution in [0.4, 0.5) is 0 Å². The van der Waals surface area contributed by atoms with Crippen LogP contribution in [0.3, 0.4) is 0 Å². The third kappa shape index (κ3) is 3.11. The average molecular weight is 286 g/mol. The van der Waals surface area contributed by atoms with Crippen molar-refractivity contribution in [1.82, 2.24) is 15.1 Å². The van der Waals surface area contributed by atoms with Gasteiger partial charge in [-0.2, -0.15) is 5.10 Å². The second-order valence-corrected chi connectivity index (χ2v) is 5.88. The van der Waals surface area contributed by atoms with E-state index in [1.54, 1.807) is 29.1 Å². The Morgan fingerprint density at radius 3 is 2.94 bits per heavy atom. The first-order valence-electron chi connectivity index (χ1n) is 5.63. The predicted molar refractivity (Wildman–Crippen MR) is 73.8 cm³/mol. The fourth-order valence-electron chi connectivity index (χ4n) is 1.67. The highest BCUT2D eigenvalue weighted by Gasteiger charge is 2.24. The van der Waals surface area contributed by atoms with Crippen molar-refractivity contribution in [3.63, 3.8) is 0 Å². The number of aryl methyl sites for hydroxylation is 1. The van der Waals surface area contributed by atoms with Crippen LogP contribution in [-0.4, -0.2) is 21.4 Å². The molecule has 2 aromatic heterocycles. The summed E-state index contributed by atoms with van der Waals surface area (Å²) in [7, 11) is 1.83. The van der Waals surface area contributed by atoms with E-state index in [4.69, 9.17) is 11.6 Å². The fourth-order valence-corrected chi connectivity index (χ4v) is 2.74. The Bertz CT molecular complexity index is 521. The van der Waals surface area contributed by atoms with Gasteiger partial charge in [-0.3, -0.25) is 4.68 Å². The van der Waals surface area contributed by atoms with E-state index >= 15 is 0 Å². The van der Waals surface area contributed by atoms with Gasteiger partial charge in [-0.1, -0.05) is 11.6 Å². The molecule has 0 amide bonds. The molecule has 0 saturated heterocycles. The van der Waals surface area contributed by atoms with Crippen LogP contribution in [0.25, 0.3) is 0 Å². The van der Waals surface area contributed by atoms with Crippen LogP contribution in [-0.2, 0) is 19.2 Å². The van der Waals surface area contributed by atoms with Crippen LogP contribution >= 0.6 is 22.9 Å². The smallest absolute Gasteiger partial charge is 0.102 e. The van der Waals surface area contributed by atoms with Crippen LogP contribution in [0.1, 0.15) is 17.4 Å². The molecule has 6 heteroatoms. The molecular weight excluding hydrogens is 270 g/mol. The van der Waals surface area contributed by atoms with Crippen molar-refractivity contribution in [3.05, 3.63) is 39.3 Å². The van der Waals surface area contributed by atoms with E-state index in [1.165, 1.54) is 0 Å². The Balaban J connectivity index is 1.91. The zero-order chi connectivity index (χ0) is 13.2. The van der Waals surface area contributed by atoms with Crippen molar-refractivity contribution in [3.8, 4) is 0 Å². The monoisotopic (exact) mass is 285 g/mol. The first-order chi connectivity index (χ1) is 8.49. The van der Waals surface area contributed by atoms with Crippen LogP contribution in [0, 0.1) is 0 Å². The third-order valence-electron chi connectivity index (χ3n) is 2.77. The minimum Gasteiger partial charge on any atom is -0.384 e. The maximum atomic E-state index is 10.4. The molecule has 0 aliphatic heterocycles. The first-order valence-corrected chi connectivity index (χ1v) is 6.89. The number of hydrogen-bond acceptors (Lipinski definition) is 4. The van der Waals surface area contributed by atoms with Gasteiger partial charge >= 0.3 is 0 Å². The summed E-state index contributed by atoms with van der Waals surface area (Å²) in [4.78, 5) is 1.08. The molecule has 98 valence electrons. The Morgan fingerprint density at radius 1 is 1.61 bits per heavy atom. The SMILES string of the molecule is Cn1cc(C(C)(O)CNCc2sccc2Cl)cn1. The number of aliphatic hydroxyl groups is 1. The second-order valence-electron chi connectivity index (χ2n) is 4.47. The van der Waals surface area contributed by atoms with Gasteiger partial charge in [-0.05, 0) is 18.4 Å². The van der Waals surface area contributed by atoms with Gasteiger partial charge in [0.05, 0.1) is 11.2 Å². The minimum absolute atomic E-state index is 0.451. The van der Waals surface area contributed by atoms with Crippen LogP contribution in [0.15, 0.2) is 23.8 Å². The second kappa shape index (κ2) is 5.40. The van der Waals surface area contributed by atoms with Crippen LogP contribution < -0.4 is 5.32 Å². The van der Waals surface area contributed by atoms with Gasteiger partial charge in [-0.15, -0.1) is 11.3 Å². The van der Waals surface area contributed by atoms with E-state index < -0.39 is 5.60 Å². The standard InChI is InChI=1S/C12H16ClN3OS/c1-12(17,9-5-15-16(2)7-9)8-14-6-11-10(13)3-4-18-11/h3-5,7,14,17H,6,8H2,1-2H3. The summed E-state index contributed by atoms with van der Waals surface area (Å²) in [5.41, 5.74) is -0.132. The lowest BCUT2D eigenvalue weighted by molar-refractivity contribution is 0.0566. The van der Waals surface area contributed by atoms with Gasteiger partial charge in [0, 0.05) is 36.8 Å². The maximum Gasteiger partial charge on any atom is 0.102 e. The lowest BCUT2D eigenvalue weighted by atomic mass is 10.00.